The molecule has 23 heavy (non-hydrogen) atoms. The Morgan fingerprint density at radius 1 is 0.957 bits per heavy atom. The largest absolute Gasteiger partial charge is 0.324 e. The molecule has 3 heteroatoms. The predicted molar refractivity (Wildman–Crippen MR) is 93.2 cm³/mol. The van der Waals surface area contributed by atoms with Crippen molar-refractivity contribution in [2.45, 2.75) is 13.3 Å². The van der Waals surface area contributed by atoms with E-state index in [4.69, 9.17) is 0 Å². The van der Waals surface area contributed by atoms with Crippen LogP contribution in [0, 0.1) is 6.92 Å². The van der Waals surface area contributed by atoms with Gasteiger partial charge in [0.25, 0.3) is 0 Å². The van der Waals surface area contributed by atoms with Crippen molar-refractivity contribution in [3.05, 3.63) is 84.2 Å². The van der Waals surface area contributed by atoms with Gasteiger partial charge in [0.15, 0.2) is 0 Å². The van der Waals surface area contributed by atoms with E-state index in [0.717, 1.165) is 22.4 Å². The third kappa shape index (κ3) is 3.83. The van der Waals surface area contributed by atoms with Crippen LogP contribution < -0.4 is 5.32 Å². The van der Waals surface area contributed by atoms with E-state index in [1.165, 1.54) is 5.56 Å². The van der Waals surface area contributed by atoms with Gasteiger partial charge < -0.3 is 5.32 Å². The minimum atomic E-state index is -0.0337. The van der Waals surface area contributed by atoms with Crippen LogP contribution in [0.3, 0.4) is 0 Å². The molecule has 114 valence electrons. The first-order chi connectivity index (χ1) is 11.2. The average Bonchev–Trinajstić information content (AvgIpc) is 2.58. The van der Waals surface area contributed by atoms with Gasteiger partial charge in [-0.15, -0.1) is 0 Å². The van der Waals surface area contributed by atoms with E-state index in [-0.39, 0.29) is 5.91 Å². The minimum Gasteiger partial charge on any atom is -0.324 e. The highest BCUT2D eigenvalue weighted by Gasteiger charge is 2.06. The molecule has 0 aliphatic carbocycles. The number of aromatic nitrogens is 1. The molecule has 1 amide bonds. The van der Waals surface area contributed by atoms with E-state index >= 15 is 0 Å². The van der Waals surface area contributed by atoms with Gasteiger partial charge in [-0.25, -0.2) is 0 Å². The van der Waals surface area contributed by atoms with Crippen LogP contribution in [0.1, 0.15) is 11.1 Å². The quantitative estimate of drug-likeness (QED) is 0.783. The molecule has 0 saturated carbocycles. The number of hydrogen-bond donors (Lipinski definition) is 1. The van der Waals surface area contributed by atoms with Gasteiger partial charge in [-0.1, -0.05) is 54.6 Å². The lowest BCUT2D eigenvalue weighted by Gasteiger charge is -2.08. The van der Waals surface area contributed by atoms with Gasteiger partial charge in [0.05, 0.1) is 18.3 Å². The zero-order valence-electron chi connectivity index (χ0n) is 13.0. The summed E-state index contributed by atoms with van der Waals surface area (Å²) in [5, 5.41) is 2.90. The first kappa shape index (κ1) is 15.0. The van der Waals surface area contributed by atoms with Crippen molar-refractivity contribution in [2.75, 3.05) is 5.32 Å². The van der Waals surface area contributed by atoms with Gasteiger partial charge in [0.1, 0.15) is 0 Å². The molecule has 0 aliphatic heterocycles. The minimum absolute atomic E-state index is 0.0337. The number of nitrogens with one attached hydrogen (secondary N) is 1. The first-order valence-electron chi connectivity index (χ1n) is 7.57. The van der Waals surface area contributed by atoms with Gasteiger partial charge in [0, 0.05) is 6.20 Å². The van der Waals surface area contributed by atoms with Crippen LogP contribution in [0.5, 0.6) is 0 Å². The van der Waals surface area contributed by atoms with E-state index in [9.17, 15) is 4.79 Å². The van der Waals surface area contributed by atoms with Crippen molar-refractivity contribution in [1.82, 2.24) is 4.98 Å². The normalized spacial score (nSPS) is 10.3. The molecule has 0 saturated heterocycles. The molecule has 0 atom stereocenters. The SMILES string of the molecule is Cc1ccncc1NC(=O)Cc1ccc(-c2ccccc2)cc1. The second-order valence-electron chi connectivity index (χ2n) is 5.48. The fraction of sp³-hybridized carbons (Fsp3) is 0.100. The van der Waals surface area contributed by atoms with Crippen LogP contribution in [0.4, 0.5) is 5.69 Å². The smallest absolute Gasteiger partial charge is 0.228 e. The van der Waals surface area contributed by atoms with Crippen LogP contribution in [0.25, 0.3) is 11.1 Å². The summed E-state index contributed by atoms with van der Waals surface area (Å²) in [5.41, 5.74) is 5.09. The Kier molecular flexibility index (Phi) is 4.48. The maximum atomic E-state index is 12.2. The van der Waals surface area contributed by atoms with E-state index in [1.807, 2.05) is 55.5 Å². The van der Waals surface area contributed by atoms with Gasteiger partial charge in [-0.05, 0) is 35.2 Å². The Balaban J connectivity index is 1.66. The van der Waals surface area contributed by atoms with E-state index in [2.05, 4.69) is 22.4 Å². The summed E-state index contributed by atoms with van der Waals surface area (Å²) in [6, 6.07) is 20.2. The summed E-state index contributed by atoms with van der Waals surface area (Å²) in [5.74, 6) is -0.0337. The summed E-state index contributed by atoms with van der Waals surface area (Å²) < 4.78 is 0. The zero-order chi connectivity index (χ0) is 16.1. The van der Waals surface area contributed by atoms with Crippen molar-refractivity contribution in [3.8, 4) is 11.1 Å². The van der Waals surface area contributed by atoms with E-state index in [0.29, 0.717) is 6.42 Å². The monoisotopic (exact) mass is 302 g/mol. The van der Waals surface area contributed by atoms with Crippen molar-refractivity contribution < 1.29 is 4.79 Å². The Hall–Kier alpha value is -2.94. The van der Waals surface area contributed by atoms with Crippen molar-refractivity contribution in [1.29, 1.82) is 0 Å². The standard InChI is InChI=1S/C20H18N2O/c1-15-11-12-21-14-19(15)22-20(23)13-16-7-9-18(10-8-16)17-5-3-2-4-6-17/h2-12,14H,13H2,1H3,(H,22,23). The molecule has 0 fully saturated rings. The topological polar surface area (TPSA) is 42.0 Å². The number of carbonyl (C=O) groups is 1. The summed E-state index contributed by atoms with van der Waals surface area (Å²) in [6.07, 6.45) is 3.74. The van der Waals surface area contributed by atoms with Crippen molar-refractivity contribution in [2.24, 2.45) is 0 Å². The highest BCUT2D eigenvalue weighted by atomic mass is 16.1. The number of rotatable bonds is 4. The lowest BCUT2D eigenvalue weighted by Crippen LogP contribution is -2.15. The Labute approximate surface area is 136 Å². The maximum Gasteiger partial charge on any atom is 0.228 e. The molecule has 3 rings (SSSR count). The molecule has 0 spiro atoms. The summed E-state index contributed by atoms with van der Waals surface area (Å²) >= 11 is 0. The van der Waals surface area contributed by atoms with E-state index < -0.39 is 0 Å². The highest BCUT2D eigenvalue weighted by molar-refractivity contribution is 5.92. The Bertz CT molecular complexity index is 795. The number of amides is 1. The number of carbonyl (C=O) groups excluding carboxylic acids is 1. The predicted octanol–water partition coefficient (Wildman–Crippen LogP) is 4.24. The van der Waals surface area contributed by atoms with Gasteiger partial charge in [0.2, 0.25) is 5.91 Å². The van der Waals surface area contributed by atoms with Crippen molar-refractivity contribution in [3.63, 3.8) is 0 Å². The fourth-order valence-electron chi connectivity index (χ4n) is 2.42. The second-order valence-corrected chi connectivity index (χ2v) is 5.48. The van der Waals surface area contributed by atoms with Crippen LogP contribution >= 0.6 is 0 Å². The molecule has 3 aromatic rings. The molecular weight excluding hydrogens is 284 g/mol. The molecule has 0 aliphatic rings. The number of hydrogen-bond acceptors (Lipinski definition) is 2. The number of nitrogens with zero attached hydrogens (tertiary/aromatic N) is 1. The van der Waals surface area contributed by atoms with Gasteiger partial charge in [-0.3, -0.25) is 9.78 Å². The molecule has 3 nitrogen and oxygen atoms in total. The zero-order valence-corrected chi connectivity index (χ0v) is 13.0. The first-order valence-corrected chi connectivity index (χ1v) is 7.57. The summed E-state index contributed by atoms with van der Waals surface area (Å²) in [4.78, 5) is 16.2. The molecule has 1 N–H and O–H groups in total. The molecule has 2 aromatic carbocycles. The van der Waals surface area contributed by atoms with Crippen LogP contribution in [-0.2, 0) is 11.2 Å². The molecule has 0 bridgehead atoms. The Morgan fingerprint density at radius 2 is 1.65 bits per heavy atom. The number of benzene rings is 2. The van der Waals surface area contributed by atoms with Crippen molar-refractivity contribution >= 4 is 11.6 Å². The lowest BCUT2D eigenvalue weighted by atomic mass is 10.0. The molecule has 1 heterocycles. The van der Waals surface area contributed by atoms with E-state index in [1.54, 1.807) is 12.4 Å². The fourth-order valence-corrected chi connectivity index (χ4v) is 2.42. The molecule has 1 aromatic heterocycles. The highest BCUT2D eigenvalue weighted by Crippen LogP contribution is 2.19. The third-order valence-corrected chi connectivity index (χ3v) is 3.74. The molecule has 0 radical (unpaired) electrons. The molecule has 0 unspecified atom stereocenters. The number of anilines is 1. The van der Waals surface area contributed by atoms with Crippen LogP contribution in [0.2, 0.25) is 0 Å². The van der Waals surface area contributed by atoms with Gasteiger partial charge >= 0.3 is 0 Å². The third-order valence-electron chi connectivity index (χ3n) is 3.74. The molecular formula is C20H18N2O. The van der Waals surface area contributed by atoms with Gasteiger partial charge in [-0.2, -0.15) is 0 Å². The number of aryl methyl sites for hydroxylation is 1. The maximum absolute atomic E-state index is 12.2. The lowest BCUT2D eigenvalue weighted by molar-refractivity contribution is -0.115. The number of pyridine rings is 1. The summed E-state index contributed by atoms with van der Waals surface area (Å²) in [6.45, 7) is 1.95. The Morgan fingerprint density at radius 3 is 2.35 bits per heavy atom. The average molecular weight is 302 g/mol. The van der Waals surface area contributed by atoms with Crippen LogP contribution in [0.15, 0.2) is 73.1 Å². The second kappa shape index (κ2) is 6.88. The summed E-state index contributed by atoms with van der Waals surface area (Å²) in [7, 11) is 0. The van der Waals surface area contributed by atoms with Crippen LogP contribution in [-0.4, -0.2) is 10.9 Å².